The van der Waals surface area contributed by atoms with Crippen LogP contribution in [0.2, 0.25) is 0 Å². The van der Waals surface area contributed by atoms with E-state index in [1.54, 1.807) is 0 Å². The molecule has 1 fully saturated rings. The van der Waals surface area contributed by atoms with E-state index in [-0.39, 0.29) is 0 Å². The Morgan fingerprint density at radius 2 is 2.25 bits per heavy atom. The molecule has 0 aliphatic heterocycles. The Balaban J connectivity index is 1.90. The van der Waals surface area contributed by atoms with Crippen molar-refractivity contribution in [3.63, 3.8) is 0 Å². The number of ether oxygens (including phenoxy) is 1. The third-order valence-electron chi connectivity index (χ3n) is 2.97. The van der Waals surface area contributed by atoms with Gasteiger partial charge in [-0.1, -0.05) is 6.42 Å². The monoisotopic (exact) mass is 227 g/mol. The van der Waals surface area contributed by atoms with Gasteiger partial charge >= 0.3 is 0 Å². The highest BCUT2D eigenvalue weighted by Gasteiger charge is 2.16. The summed E-state index contributed by atoms with van der Waals surface area (Å²) in [7, 11) is 0. The molecule has 4 heteroatoms. The van der Waals surface area contributed by atoms with Gasteiger partial charge in [-0.25, -0.2) is 0 Å². The first-order valence-corrected chi connectivity index (χ1v) is 6.44. The summed E-state index contributed by atoms with van der Waals surface area (Å²) in [5, 5.41) is 3.14. The van der Waals surface area contributed by atoms with Gasteiger partial charge in [0.1, 0.15) is 0 Å². The summed E-state index contributed by atoms with van der Waals surface area (Å²) in [6.45, 7) is 5.46. The molecule has 0 spiro atoms. The molecule has 1 aliphatic carbocycles. The Morgan fingerprint density at radius 1 is 1.44 bits per heavy atom. The lowest BCUT2D eigenvalue weighted by Gasteiger charge is -2.23. The summed E-state index contributed by atoms with van der Waals surface area (Å²) in [6, 6.07) is 0. The van der Waals surface area contributed by atoms with Gasteiger partial charge in [0, 0.05) is 26.3 Å². The number of nitrogens with zero attached hydrogens (tertiary/aromatic N) is 1. The maximum atomic E-state index is 5.75. The highest BCUT2D eigenvalue weighted by molar-refractivity contribution is 5.77. The summed E-state index contributed by atoms with van der Waals surface area (Å²) < 4.78 is 5.25. The first-order valence-electron chi connectivity index (χ1n) is 6.44. The van der Waals surface area contributed by atoms with Crippen molar-refractivity contribution in [2.75, 3.05) is 26.3 Å². The fraction of sp³-hybridized carbons (Fsp3) is 0.917. The second-order valence-corrected chi connectivity index (χ2v) is 4.35. The van der Waals surface area contributed by atoms with Crippen molar-refractivity contribution < 1.29 is 4.74 Å². The Bertz CT molecular complexity index is 202. The lowest BCUT2D eigenvalue weighted by molar-refractivity contribution is 0.143. The average molecular weight is 227 g/mol. The number of hydrogen-bond donors (Lipinski definition) is 2. The molecule has 4 nitrogen and oxygen atoms in total. The summed E-state index contributed by atoms with van der Waals surface area (Å²) in [5.74, 6) is 1.39. The summed E-state index contributed by atoms with van der Waals surface area (Å²) in [6.07, 6.45) is 6.18. The second kappa shape index (κ2) is 8.39. The maximum Gasteiger partial charge on any atom is 0.188 e. The number of hydrogen-bond acceptors (Lipinski definition) is 2. The number of nitrogens with two attached hydrogens (primary N) is 1. The van der Waals surface area contributed by atoms with Crippen LogP contribution >= 0.6 is 0 Å². The lowest BCUT2D eigenvalue weighted by Crippen LogP contribution is -2.33. The van der Waals surface area contributed by atoms with Crippen LogP contribution < -0.4 is 11.1 Å². The van der Waals surface area contributed by atoms with Crippen molar-refractivity contribution in [3.05, 3.63) is 0 Å². The highest BCUT2D eigenvalue weighted by Crippen LogP contribution is 2.26. The third-order valence-corrected chi connectivity index (χ3v) is 2.97. The summed E-state index contributed by atoms with van der Waals surface area (Å²) >= 11 is 0. The standard InChI is InChI=1S/C12H25N3O/c1-2-16-9-4-3-8-14-12(13)15-10-11-6-5-7-11/h11H,2-10H2,1H3,(H3,13,14,15). The van der Waals surface area contributed by atoms with Crippen molar-refractivity contribution in [3.8, 4) is 0 Å². The number of nitrogens with one attached hydrogen (secondary N) is 1. The topological polar surface area (TPSA) is 59.6 Å². The largest absolute Gasteiger partial charge is 0.382 e. The Morgan fingerprint density at radius 3 is 2.88 bits per heavy atom. The molecule has 0 heterocycles. The van der Waals surface area contributed by atoms with E-state index in [2.05, 4.69) is 10.3 Å². The summed E-state index contributed by atoms with van der Waals surface area (Å²) in [5.41, 5.74) is 5.75. The molecular formula is C12H25N3O. The van der Waals surface area contributed by atoms with E-state index in [1.165, 1.54) is 19.3 Å². The predicted molar refractivity (Wildman–Crippen MR) is 67.6 cm³/mol. The fourth-order valence-electron chi connectivity index (χ4n) is 1.65. The van der Waals surface area contributed by atoms with E-state index in [9.17, 15) is 0 Å². The van der Waals surface area contributed by atoms with Gasteiger partial charge in [0.05, 0.1) is 0 Å². The van der Waals surface area contributed by atoms with E-state index < -0.39 is 0 Å². The highest BCUT2D eigenvalue weighted by atomic mass is 16.5. The molecule has 0 bridgehead atoms. The van der Waals surface area contributed by atoms with Gasteiger partial charge in [0.15, 0.2) is 5.96 Å². The molecule has 0 unspecified atom stereocenters. The van der Waals surface area contributed by atoms with Crippen molar-refractivity contribution in [2.45, 2.75) is 39.0 Å². The molecule has 0 saturated heterocycles. The van der Waals surface area contributed by atoms with Gasteiger partial charge < -0.3 is 15.8 Å². The van der Waals surface area contributed by atoms with Crippen LogP contribution in [-0.2, 0) is 4.74 Å². The smallest absolute Gasteiger partial charge is 0.188 e. The Kier molecular flexibility index (Phi) is 6.97. The van der Waals surface area contributed by atoms with Gasteiger partial charge in [-0.3, -0.25) is 4.99 Å². The summed E-state index contributed by atoms with van der Waals surface area (Å²) in [4.78, 5) is 4.33. The van der Waals surface area contributed by atoms with E-state index in [0.717, 1.165) is 45.1 Å². The van der Waals surface area contributed by atoms with Gasteiger partial charge in [-0.15, -0.1) is 0 Å². The normalized spacial score (nSPS) is 17.2. The number of rotatable bonds is 8. The minimum Gasteiger partial charge on any atom is -0.382 e. The third kappa shape index (κ3) is 5.95. The van der Waals surface area contributed by atoms with Gasteiger partial charge in [0.25, 0.3) is 0 Å². The molecule has 0 radical (unpaired) electrons. The Hall–Kier alpha value is -0.770. The van der Waals surface area contributed by atoms with Crippen LogP contribution in [0.1, 0.15) is 39.0 Å². The molecule has 1 rings (SSSR count). The van der Waals surface area contributed by atoms with Crippen LogP contribution in [0, 0.1) is 5.92 Å². The van der Waals surface area contributed by atoms with Gasteiger partial charge in [-0.2, -0.15) is 0 Å². The molecule has 94 valence electrons. The van der Waals surface area contributed by atoms with E-state index in [0.29, 0.717) is 5.96 Å². The molecule has 0 aromatic rings. The molecule has 0 aromatic carbocycles. The van der Waals surface area contributed by atoms with Crippen LogP contribution in [0.25, 0.3) is 0 Å². The molecule has 0 aromatic heterocycles. The molecule has 0 amide bonds. The van der Waals surface area contributed by atoms with Crippen molar-refractivity contribution >= 4 is 5.96 Å². The minimum absolute atomic E-state index is 0.600. The van der Waals surface area contributed by atoms with Crippen LogP contribution in [0.3, 0.4) is 0 Å². The zero-order chi connectivity index (χ0) is 11.6. The van der Waals surface area contributed by atoms with Gasteiger partial charge in [0.2, 0.25) is 0 Å². The molecule has 1 aliphatic rings. The first-order chi connectivity index (χ1) is 7.83. The number of aliphatic imine (C=N–C) groups is 1. The average Bonchev–Trinajstić information content (AvgIpc) is 2.21. The van der Waals surface area contributed by atoms with Crippen molar-refractivity contribution in [1.82, 2.24) is 5.32 Å². The molecular weight excluding hydrogens is 202 g/mol. The van der Waals surface area contributed by atoms with E-state index in [1.807, 2.05) is 6.92 Å². The van der Waals surface area contributed by atoms with Crippen LogP contribution in [0.15, 0.2) is 4.99 Å². The lowest BCUT2D eigenvalue weighted by atomic mass is 9.86. The number of guanidine groups is 1. The quantitative estimate of drug-likeness (QED) is 0.375. The van der Waals surface area contributed by atoms with E-state index >= 15 is 0 Å². The fourth-order valence-corrected chi connectivity index (χ4v) is 1.65. The zero-order valence-electron chi connectivity index (χ0n) is 10.4. The van der Waals surface area contributed by atoms with Crippen LogP contribution in [0.4, 0.5) is 0 Å². The number of unbranched alkanes of at least 4 members (excludes halogenated alkanes) is 1. The molecule has 16 heavy (non-hydrogen) atoms. The minimum atomic E-state index is 0.600. The maximum absolute atomic E-state index is 5.75. The second-order valence-electron chi connectivity index (χ2n) is 4.35. The molecule has 3 N–H and O–H groups in total. The van der Waals surface area contributed by atoms with Crippen LogP contribution in [0.5, 0.6) is 0 Å². The molecule has 1 saturated carbocycles. The zero-order valence-corrected chi connectivity index (χ0v) is 10.4. The Labute approximate surface area is 98.6 Å². The van der Waals surface area contributed by atoms with Crippen LogP contribution in [-0.4, -0.2) is 32.3 Å². The van der Waals surface area contributed by atoms with E-state index in [4.69, 9.17) is 10.5 Å². The van der Waals surface area contributed by atoms with Gasteiger partial charge in [-0.05, 0) is 38.5 Å². The molecule has 0 atom stereocenters. The first kappa shape index (κ1) is 13.3. The SMILES string of the molecule is CCOCCCCNC(N)=NCC1CCC1. The predicted octanol–water partition coefficient (Wildman–Crippen LogP) is 1.51. The van der Waals surface area contributed by atoms with Crippen molar-refractivity contribution in [2.24, 2.45) is 16.6 Å². The van der Waals surface area contributed by atoms with Crippen molar-refractivity contribution in [1.29, 1.82) is 0 Å².